The molecule has 0 saturated carbocycles. The van der Waals surface area contributed by atoms with E-state index in [4.69, 9.17) is 4.74 Å². The molecule has 0 aliphatic rings. The number of rotatable bonds is 7. The fourth-order valence-electron chi connectivity index (χ4n) is 2.40. The molecule has 7 heteroatoms. The molecule has 0 spiro atoms. The van der Waals surface area contributed by atoms with Crippen molar-refractivity contribution >= 4 is 34.9 Å². The molecule has 0 fully saturated rings. The Morgan fingerprint density at radius 3 is 1.93 bits per heavy atom. The molecule has 0 aliphatic heterocycles. The minimum Gasteiger partial charge on any atom is -0.452 e. The lowest BCUT2D eigenvalue weighted by Crippen LogP contribution is -2.30. The van der Waals surface area contributed by atoms with Crippen molar-refractivity contribution in [3.63, 3.8) is 0 Å². The maximum absolute atomic E-state index is 12.2. The number of esters is 1. The molecule has 7 nitrogen and oxygen atoms in total. The Balaban J connectivity index is 1.86. The van der Waals surface area contributed by atoms with Crippen LogP contribution in [0, 0.1) is 0 Å². The first-order valence-electron chi connectivity index (χ1n) is 8.72. The Morgan fingerprint density at radius 2 is 1.39 bits per heavy atom. The van der Waals surface area contributed by atoms with Gasteiger partial charge < -0.3 is 15.4 Å². The minimum absolute atomic E-state index is 0.00524. The molecule has 1 atom stereocenters. The first-order valence-corrected chi connectivity index (χ1v) is 8.72. The molecule has 2 rings (SSSR count). The van der Waals surface area contributed by atoms with Crippen molar-refractivity contribution in [3.8, 4) is 0 Å². The zero-order valence-corrected chi connectivity index (χ0v) is 15.9. The van der Waals surface area contributed by atoms with Crippen molar-refractivity contribution in [2.24, 2.45) is 0 Å². The number of ether oxygens (including phenoxy) is 1. The molecule has 2 aromatic rings. The van der Waals surface area contributed by atoms with Crippen LogP contribution in [0.1, 0.15) is 36.7 Å². The van der Waals surface area contributed by atoms with E-state index in [2.05, 4.69) is 10.6 Å². The summed E-state index contributed by atoms with van der Waals surface area (Å²) < 4.78 is 5.17. The highest BCUT2D eigenvalue weighted by molar-refractivity contribution is 5.97. The number of benzene rings is 2. The van der Waals surface area contributed by atoms with Crippen molar-refractivity contribution in [2.75, 3.05) is 10.6 Å². The second-order valence-corrected chi connectivity index (χ2v) is 6.31. The van der Waals surface area contributed by atoms with Crippen molar-refractivity contribution < 1.29 is 23.9 Å². The van der Waals surface area contributed by atoms with E-state index in [0.717, 1.165) is 0 Å². The average molecular weight is 382 g/mol. The minimum atomic E-state index is -0.973. The van der Waals surface area contributed by atoms with Gasteiger partial charge in [-0.05, 0) is 55.8 Å². The Hall–Kier alpha value is -3.48. The Bertz CT molecular complexity index is 873. The molecule has 0 aliphatic carbocycles. The van der Waals surface area contributed by atoms with Crippen LogP contribution in [0.15, 0.2) is 48.5 Å². The summed E-state index contributed by atoms with van der Waals surface area (Å²) in [6.07, 6.45) is -0.968. The van der Waals surface area contributed by atoms with Crippen LogP contribution in [0.2, 0.25) is 0 Å². The molecule has 2 amide bonds. The number of hydrogen-bond acceptors (Lipinski definition) is 5. The summed E-state index contributed by atoms with van der Waals surface area (Å²) in [6, 6.07) is 13.2. The molecular formula is C21H22N2O5. The Morgan fingerprint density at radius 1 is 0.857 bits per heavy atom. The van der Waals surface area contributed by atoms with Gasteiger partial charge in [0.2, 0.25) is 5.91 Å². The lowest BCUT2D eigenvalue weighted by molar-refractivity contribution is -0.152. The third-order valence-electron chi connectivity index (χ3n) is 3.86. The maximum atomic E-state index is 12.2. The van der Waals surface area contributed by atoms with Gasteiger partial charge in [0.1, 0.15) is 0 Å². The first kappa shape index (κ1) is 20.8. The van der Waals surface area contributed by atoms with Gasteiger partial charge in [0.05, 0.1) is 6.42 Å². The van der Waals surface area contributed by atoms with Gasteiger partial charge in [-0.2, -0.15) is 0 Å². The summed E-state index contributed by atoms with van der Waals surface area (Å²) in [7, 11) is 0. The quantitative estimate of drug-likeness (QED) is 0.566. The number of ketones is 1. The normalized spacial score (nSPS) is 11.2. The predicted molar refractivity (Wildman–Crippen MR) is 105 cm³/mol. The van der Waals surface area contributed by atoms with Crippen molar-refractivity contribution in [2.45, 2.75) is 33.3 Å². The molecule has 2 aromatic carbocycles. The highest BCUT2D eigenvalue weighted by Crippen LogP contribution is 2.13. The van der Waals surface area contributed by atoms with Crippen LogP contribution in [0.4, 0.5) is 11.4 Å². The van der Waals surface area contributed by atoms with Crippen LogP contribution in [-0.2, 0) is 25.5 Å². The lowest BCUT2D eigenvalue weighted by Gasteiger charge is -2.14. The number of nitrogens with one attached hydrogen (secondary N) is 2. The highest BCUT2D eigenvalue weighted by Gasteiger charge is 2.18. The summed E-state index contributed by atoms with van der Waals surface area (Å²) in [5, 5.41) is 5.27. The van der Waals surface area contributed by atoms with Gasteiger partial charge >= 0.3 is 5.97 Å². The summed E-state index contributed by atoms with van der Waals surface area (Å²) in [4.78, 5) is 46.5. The van der Waals surface area contributed by atoms with Crippen molar-refractivity contribution in [1.29, 1.82) is 0 Å². The van der Waals surface area contributed by atoms with E-state index in [-0.39, 0.29) is 18.1 Å². The van der Waals surface area contributed by atoms with E-state index in [1.54, 1.807) is 48.5 Å². The molecule has 0 heterocycles. The van der Waals surface area contributed by atoms with Gasteiger partial charge in [-0.25, -0.2) is 0 Å². The zero-order valence-electron chi connectivity index (χ0n) is 15.9. The van der Waals surface area contributed by atoms with E-state index in [1.807, 2.05) is 0 Å². The smallest absolute Gasteiger partial charge is 0.311 e. The van der Waals surface area contributed by atoms with Gasteiger partial charge in [0.15, 0.2) is 11.9 Å². The molecule has 0 unspecified atom stereocenters. The van der Waals surface area contributed by atoms with Crippen LogP contribution < -0.4 is 10.6 Å². The van der Waals surface area contributed by atoms with E-state index in [9.17, 15) is 19.2 Å². The fraction of sp³-hybridized carbons (Fsp3) is 0.238. The SMILES string of the molecule is CC(=O)Nc1ccc(CC(=O)O[C@@H](C)C(=O)Nc2ccc(C(C)=O)cc2)cc1. The molecule has 0 radical (unpaired) electrons. The topological polar surface area (TPSA) is 102 Å². The summed E-state index contributed by atoms with van der Waals surface area (Å²) in [5.41, 5.74) is 2.38. The summed E-state index contributed by atoms with van der Waals surface area (Å²) in [6.45, 7) is 4.36. The Kier molecular flexibility index (Phi) is 7.03. The zero-order chi connectivity index (χ0) is 20.7. The third kappa shape index (κ3) is 6.35. The van der Waals surface area contributed by atoms with E-state index < -0.39 is 18.0 Å². The third-order valence-corrected chi connectivity index (χ3v) is 3.86. The number of carbonyl (C=O) groups is 4. The van der Waals surface area contributed by atoms with Crippen LogP contribution in [0.3, 0.4) is 0 Å². The molecule has 28 heavy (non-hydrogen) atoms. The molecule has 146 valence electrons. The van der Waals surface area contributed by atoms with Crippen LogP contribution in [0.25, 0.3) is 0 Å². The van der Waals surface area contributed by atoms with E-state index in [0.29, 0.717) is 22.5 Å². The van der Waals surface area contributed by atoms with Gasteiger partial charge in [0, 0.05) is 23.9 Å². The van der Waals surface area contributed by atoms with Crippen molar-refractivity contribution in [3.05, 3.63) is 59.7 Å². The van der Waals surface area contributed by atoms with E-state index >= 15 is 0 Å². The van der Waals surface area contributed by atoms with Gasteiger partial charge in [-0.1, -0.05) is 12.1 Å². The van der Waals surface area contributed by atoms with Crippen LogP contribution >= 0.6 is 0 Å². The molecule has 2 N–H and O–H groups in total. The number of Topliss-reactive ketones (excluding diaryl/α,β-unsaturated/α-hetero) is 1. The molecular weight excluding hydrogens is 360 g/mol. The Labute approximate surface area is 163 Å². The number of carbonyl (C=O) groups excluding carboxylic acids is 4. The maximum Gasteiger partial charge on any atom is 0.311 e. The number of anilines is 2. The van der Waals surface area contributed by atoms with Crippen LogP contribution in [0.5, 0.6) is 0 Å². The second kappa shape index (κ2) is 9.45. The fourth-order valence-corrected chi connectivity index (χ4v) is 2.40. The molecule has 0 aromatic heterocycles. The van der Waals surface area contributed by atoms with E-state index in [1.165, 1.54) is 20.8 Å². The average Bonchev–Trinajstić information content (AvgIpc) is 2.63. The highest BCUT2D eigenvalue weighted by atomic mass is 16.5. The van der Waals surface area contributed by atoms with Gasteiger partial charge in [0.25, 0.3) is 5.91 Å². The first-order chi connectivity index (χ1) is 13.2. The summed E-state index contributed by atoms with van der Waals surface area (Å²) >= 11 is 0. The predicted octanol–water partition coefficient (Wildman–Crippen LogP) is 2.96. The second-order valence-electron chi connectivity index (χ2n) is 6.31. The summed E-state index contributed by atoms with van der Waals surface area (Å²) in [5.74, 6) is -1.25. The monoisotopic (exact) mass is 382 g/mol. The number of hydrogen-bond donors (Lipinski definition) is 2. The van der Waals surface area contributed by atoms with Crippen LogP contribution in [-0.4, -0.2) is 29.7 Å². The molecule has 0 saturated heterocycles. The molecule has 0 bridgehead atoms. The number of amides is 2. The lowest BCUT2D eigenvalue weighted by atomic mass is 10.1. The van der Waals surface area contributed by atoms with Gasteiger partial charge in [-0.3, -0.25) is 19.2 Å². The van der Waals surface area contributed by atoms with Crippen molar-refractivity contribution in [1.82, 2.24) is 0 Å². The standard InChI is InChI=1S/C21H22N2O5/c1-13(24)17-6-10-19(11-7-17)23-21(27)14(2)28-20(26)12-16-4-8-18(9-5-16)22-15(3)25/h4-11,14H,12H2,1-3H3,(H,22,25)(H,23,27)/t14-/m0/s1. The van der Waals surface area contributed by atoms with Gasteiger partial charge in [-0.15, -0.1) is 0 Å². The largest absolute Gasteiger partial charge is 0.452 e.